The van der Waals surface area contributed by atoms with Gasteiger partial charge in [0, 0.05) is 11.8 Å². The molecule has 0 aliphatic carbocycles. The molecular formula is C19H15ClN2O5. The van der Waals surface area contributed by atoms with Crippen molar-refractivity contribution in [3.8, 4) is 17.6 Å². The fourth-order valence-electron chi connectivity index (χ4n) is 2.18. The number of carboxylic acids is 1. The van der Waals surface area contributed by atoms with Gasteiger partial charge < -0.3 is 19.9 Å². The first-order chi connectivity index (χ1) is 12.9. The quantitative estimate of drug-likeness (QED) is 0.580. The smallest absolute Gasteiger partial charge is 0.335 e. The molecule has 2 rings (SSSR count). The summed E-state index contributed by atoms with van der Waals surface area (Å²) in [5.41, 5.74) is 0.652. The van der Waals surface area contributed by atoms with Gasteiger partial charge in [-0.3, -0.25) is 4.79 Å². The number of aromatic carboxylic acids is 1. The van der Waals surface area contributed by atoms with Crippen LogP contribution < -0.4 is 14.8 Å². The number of ether oxygens (including phenoxy) is 2. The van der Waals surface area contributed by atoms with E-state index in [0.717, 1.165) is 0 Å². The van der Waals surface area contributed by atoms with Gasteiger partial charge in [0.25, 0.3) is 5.91 Å². The van der Waals surface area contributed by atoms with E-state index in [-0.39, 0.29) is 16.2 Å². The Morgan fingerprint density at radius 2 is 1.74 bits per heavy atom. The number of nitrogens with zero attached hydrogens (tertiary/aromatic N) is 1. The summed E-state index contributed by atoms with van der Waals surface area (Å²) in [6.45, 7) is 0. The summed E-state index contributed by atoms with van der Waals surface area (Å²) in [6.07, 6.45) is 1.32. The molecule has 0 radical (unpaired) electrons. The van der Waals surface area contributed by atoms with Crippen LogP contribution in [0, 0.1) is 11.3 Å². The number of anilines is 1. The molecule has 0 fully saturated rings. The second-order valence-corrected chi connectivity index (χ2v) is 5.64. The fraction of sp³-hybridized carbons (Fsp3) is 0.105. The highest BCUT2D eigenvalue weighted by atomic mass is 35.5. The minimum absolute atomic E-state index is 0.0844. The van der Waals surface area contributed by atoms with Gasteiger partial charge in [0.15, 0.2) is 11.5 Å². The Kier molecular flexibility index (Phi) is 6.41. The van der Waals surface area contributed by atoms with Crippen molar-refractivity contribution in [3.05, 3.63) is 58.1 Å². The summed E-state index contributed by atoms with van der Waals surface area (Å²) in [5.74, 6) is -0.920. The summed E-state index contributed by atoms with van der Waals surface area (Å²) in [5, 5.41) is 21.0. The van der Waals surface area contributed by atoms with Crippen molar-refractivity contribution < 1.29 is 24.2 Å². The van der Waals surface area contributed by atoms with Crippen molar-refractivity contribution in [2.45, 2.75) is 0 Å². The minimum Gasteiger partial charge on any atom is -0.493 e. The molecule has 2 aromatic carbocycles. The molecule has 1 amide bonds. The summed E-state index contributed by atoms with van der Waals surface area (Å²) in [7, 11) is 2.92. The van der Waals surface area contributed by atoms with Crippen molar-refractivity contribution in [2.75, 3.05) is 19.5 Å². The molecule has 0 spiro atoms. The van der Waals surface area contributed by atoms with E-state index in [1.807, 2.05) is 6.07 Å². The number of benzene rings is 2. The van der Waals surface area contributed by atoms with Crippen LogP contribution in [-0.2, 0) is 4.79 Å². The van der Waals surface area contributed by atoms with Crippen LogP contribution in [0.1, 0.15) is 15.9 Å². The molecule has 0 bridgehead atoms. The lowest BCUT2D eigenvalue weighted by molar-refractivity contribution is -0.112. The van der Waals surface area contributed by atoms with Gasteiger partial charge in [0.05, 0.1) is 24.8 Å². The third-order valence-corrected chi connectivity index (χ3v) is 3.88. The van der Waals surface area contributed by atoms with Gasteiger partial charge in [-0.2, -0.15) is 5.26 Å². The van der Waals surface area contributed by atoms with Crippen LogP contribution in [0.2, 0.25) is 5.02 Å². The van der Waals surface area contributed by atoms with Crippen molar-refractivity contribution in [2.24, 2.45) is 0 Å². The molecular weight excluding hydrogens is 372 g/mol. The molecule has 0 saturated heterocycles. The third kappa shape index (κ3) is 4.77. The number of hydrogen-bond acceptors (Lipinski definition) is 5. The standard InChI is InChI=1S/C19H15ClN2O5/c1-26-16-8-12(15(20)9-17(16)27-2)7-13(10-21)18(23)22-14-5-3-11(4-6-14)19(24)25/h3-9H,1-2H3,(H,22,23)(H,24,25)/b13-7+. The maximum Gasteiger partial charge on any atom is 0.335 e. The Bertz CT molecular complexity index is 946. The maximum absolute atomic E-state index is 12.3. The summed E-state index contributed by atoms with van der Waals surface area (Å²) >= 11 is 6.17. The lowest BCUT2D eigenvalue weighted by Crippen LogP contribution is -2.13. The van der Waals surface area contributed by atoms with E-state index < -0.39 is 11.9 Å². The number of carbonyl (C=O) groups excluding carboxylic acids is 1. The lowest BCUT2D eigenvalue weighted by atomic mass is 10.1. The van der Waals surface area contributed by atoms with Gasteiger partial charge in [-0.1, -0.05) is 11.6 Å². The number of nitriles is 1. The Balaban J connectivity index is 2.29. The molecule has 138 valence electrons. The summed E-state index contributed by atoms with van der Waals surface area (Å²) < 4.78 is 10.3. The van der Waals surface area contributed by atoms with Crippen molar-refractivity contribution in [1.29, 1.82) is 5.26 Å². The first-order valence-electron chi connectivity index (χ1n) is 7.57. The predicted molar refractivity (Wildman–Crippen MR) is 100 cm³/mol. The zero-order valence-electron chi connectivity index (χ0n) is 14.4. The van der Waals surface area contributed by atoms with Gasteiger partial charge in [-0.05, 0) is 42.0 Å². The topological polar surface area (TPSA) is 109 Å². The first kappa shape index (κ1) is 19.8. The monoisotopic (exact) mass is 386 g/mol. The van der Waals surface area contributed by atoms with Gasteiger partial charge in [-0.25, -0.2) is 4.79 Å². The molecule has 0 saturated carbocycles. The van der Waals surface area contributed by atoms with Gasteiger partial charge in [0.2, 0.25) is 0 Å². The Labute approximate surface area is 160 Å². The second-order valence-electron chi connectivity index (χ2n) is 5.24. The molecule has 0 aliphatic heterocycles. The van der Waals surface area contributed by atoms with Gasteiger partial charge >= 0.3 is 5.97 Å². The number of nitrogens with one attached hydrogen (secondary N) is 1. The average Bonchev–Trinajstić information content (AvgIpc) is 2.66. The predicted octanol–water partition coefficient (Wildman–Crippen LogP) is 3.60. The van der Waals surface area contributed by atoms with E-state index in [0.29, 0.717) is 22.7 Å². The van der Waals surface area contributed by atoms with E-state index in [2.05, 4.69) is 5.32 Å². The number of methoxy groups -OCH3 is 2. The van der Waals surface area contributed by atoms with Crippen LogP contribution >= 0.6 is 11.6 Å². The molecule has 2 N–H and O–H groups in total. The molecule has 7 nitrogen and oxygen atoms in total. The van der Waals surface area contributed by atoms with Gasteiger partial charge in [-0.15, -0.1) is 0 Å². The number of carbonyl (C=O) groups is 2. The molecule has 0 heterocycles. The highest BCUT2D eigenvalue weighted by Gasteiger charge is 2.14. The lowest BCUT2D eigenvalue weighted by Gasteiger charge is -2.10. The van der Waals surface area contributed by atoms with Crippen LogP contribution in [0.25, 0.3) is 6.08 Å². The van der Waals surface area contributed by atoms with Crippen LogP contribution in [0.3, 0.4) is 0 Å². The fourth-order valence-corrected chi connectivity index (χ4v) is 2.39. The highest BCUT2D eigenvalue weighted by molar-refractivity contribution is 6.32. The Morgan fingerprint density at radius 1 is 1.15 bits per heavy atom. The molecule has 2 aromatic rings. The molecule has 0 atom stereocenters. The largest absolute Gasteiger partial charge is 0.493 e. The molecule has 8 heteroatoms. The summed E-state index contributed by atoms with van der Waals surface area (Å²) in [6, 6.07) is 10.4. The minimum atomic E-state index is -1.08. The van der Waals surface area contributed by atoms with Crippen molar-refractivity contribution in [1.82, 2.24) is 0 Å². The Morgan fingerprint density at radius 3 is 2.26 bits per heavy atom. The number of hydrogen-bond donors (Lipinski definition) is 2. The zero-order chi connectivity index (χ0) is 20.0. The second kappa shape index (κ2) is 8.74. The molecule has 0 unspecified atom stereocenters. The Hall–Kier alpha value is -3.50. The van der Waals surface area contributed by atoms with Gasteiger partial charge in [0.1, 0.15) is 11.6 Å². The van der Waals surface area contributed by atoms with E-state index in [1.165, 1.54) is 50.6 Å². The van der Waals surface area contributed by atoms with E-state index in [9.17, 15) is 14.9 Å². The maximum atomic E-state index is 12.3. The first-order valence-corrected chi connectivity index (χ1v) is 7.95. The van der Waals surface area contributed by atoms with Crippen molar-refractivity contribution in [3.63, 3.8) is 0 Å². The zero-order valence-corrected chi connectivity index (χ0v) is 15.2. The van der Waals surface area contributed by atoms with Crippen LogP contribution in [0.4, 0.5) is 5.69 Å². The van der Waals surface area contributed by atoms with E-state index >= 15 is 0 Å². The van der Waals surface area contributed by atoms with Crippen LogP contribution in [0.15, 0.2) is 42.0 Å². The van der Waals surface area contributed by atoms with Crippen LogP contribution in [-0.4, -0.2) is 31.2 Å². The molecule has 0 aliphatic rings. The highest BCUT2D eigenvalue weighted by Crippen LogP contribution is 2.34. The number of halogens is 1. The summed E-state index contributed by atoms with van der Waals surface area (Å²) in [4.78, 5) is 23.2. The van der Waals surface area contributed by atoms with E-state index in [1.54, 1.807) is 6.07 Å². The van der Waals surface area contributed by atoms with Crippen molar-refractivity contribution >= 4 is 35.2 Å². The number of carboxylic acid groups (broad SMARTS) is 1. The normalized spacial score (nSPS) is 10.7. The molecule has 27 heavy (non-hydrogen) atoms. The third-order valence-electron chi connectivity index (χ3n) is 3.56. The van der Waals surface area contributed by atoms with E-state index in [4.69, 9.17) is 26.2 Å². The molecule has 0 aromatic heterocycles. The average molecular weight is 387 g/mol. The number of rotatable bonds is 6. The number of amides is 1. The van der Waals surface area contributed by atoms with Crippen LogP contribution in [0.5, 0.6) is 11.5 Å². The SMILES string of the molecule is COc1cc(Cl)c(/C=C(\C#N)C(=O)Nc2ccc(C(=O)O)cc2)cc1OC.